The maximum atomic E-state index is 4.11. The second kappa shape index (κ2) is 4.30. The minimum Gasteiger partial charge on any atom is -0.327 e. The molecule has 2 unspecified atom stereocenters. The number of likely N-dealkylation sites (N-methyl/N-ethyl adjacent to an activating group) is 1. The number of quaternary nitrogens is 1. The average Bonchev–Trinajstić information content (AvgIpc) is 2.39. The fraction of sp³-hybridized carbons (Fsp3) is 0.267. The summed E-state index contributed by atoms with van der Waals surface area (Å²) in [6, 6.07) is 13.5. The molecule has 2 heterocycles. The number of fused-ring (bicyclic) bond motifs is 1. The van der Waals surface area contributed by atoms with Gasteiger partial charge in [0.2, 0.25) is 0 Å². The first-order valence-electron chi connectivity index (χ1n) is 6.16. The Morgan fingerprint density at radius 2 is 1.88 bits per heavy atom. The summed E-state index contributed by atoms with van der Waals surface area (Å²) in [5.74, 6) is 0. The number of nitrogens with zero attached hydrogens (tertiary/aromatic N) is 1. The highest BCUT2D eigenvalue weighted by molar-refractivity contribution is 5.36. The topological polar surface area (TPSA) is 17.3 Å². The van der Waals surface area contributed by atoms with Crippen LogP contribution in [0.15, 0.2) is 48.8 Å². The number of aromatic nitrogens is 1. The molecule has 0 saturated carbocycles. The Balaban J connectivity index is 2.10. The zero-order chi connectivity index (χ0) is 11.7. The van der Waals surface area contributed by atoms with Gasteiger partial charge in [0.05, 0.1) is 13.6 Å². The molecular weight excluding hydrogens is 208 g/mol. The second-order valence-electron chi connectivity index (χ2n) is 4.76. The minimum absolute atomic E-state index is 0.461. The summed E-state index contributed by atoms with van der Waals surface area (Å²) >= 11 is 0. The molecule has 0 spiro atoms. The van der Waals surface area contributed by atoms with Gasteiger partial charge in [0.1, 0.15) is 6.04 Å². The van der Waals surface area contributed by atoms with Crippen molar-refractivity contribution >= 4 is 0 Å². The van der Waals surface area contributed by atoms with Crippen LogP contribution in [0.1, 0.15) is 22.7 Å². The summed E-state index contributed by atoms with van der Waals surface area (Å²) in [5.41, 5.74) is 4.34. The van der Waals surface area contributed by atoms with E-state index in [-0.39, 0.29) is 0 Å². The van der Waals surface area contributed by atoms with Crippen LogP contribution in [0.5, 0.6) is 0 Å². The molecule has 0 aliphatic carbocycles. The number of hydrogen-bond donors (Lipinski definition) is 1. The van der Waals surface area contributed by atoms with Crippen LogP contribution in [-0.4, -0.2) is 18.6 Å². The van der Waals surface area contributed by atoms with Gasteiger partial charge in [-0.15, -0.1) is 0 Å². The third-order valence-corrected chi connectivity index (χ3v) is 3.69. The van der Waals surface area contributed by atoms with Crippen molar-refractivity contribution in [3.8, 4) is 0 Å². The Bertz CT molecular complexity index is 507. The van der Waals surface area contributed by atoms with Crippen molar-refractivity contribution in [3.63, 3.8) is 0 Å². The van der Waals surface area contributed by atoms with E-state index in [1.165, 1.54) is 29.7 Å². The molecular formula is C15H17N2+. The summed E-state index contributed by atoms with van der Waals surface area (Å²) in [5, 5.41) is 0. The Hall–Kier alpha value is -1.67. The smallest absolute Gasteiger partial charge is 0.139 e. The third kappa shape index (κ3) is 1.85. The molecule has 0 radical (unpaired) electrons. The molecule has 1 aliphatic heterocycles. The molecule has 86 valence electrons. The number of pyridine rings is 1. The number of benzene rings is 1. The molecule has 2 nitrogen and oxygen atoms in total. The SMILES string of the molecule is C[NH+]1CCc2ccccc2C1c1ccncc1. The molecule has 17 heavy (non-hydrogen) atoms. The lowest BCUT2D eigenvalue weighted by Crippen LogP contribution is -3.10. The maximum Gasteiger partial charge on any atom is 0.139 e. The van der Waals surface area contributed by atoms with Gasteiger partial charge in [-0.1, -0.05) is 24.3 Å². The Morgan fingerprint density at radius 3 is 2.71 bits per heavy atom. The van der Waals surface area contributed by atoms with Gasteiger partial charge in [0, 0.05) is 29.9 Å². The van der Waals surface area contributed by atoms with E-state index in [2.05, 4.69) is 48.4 Å². The van der Waals surface area contributed by atoms with Gasteiger partial charge in [-0.2, -0.15) is 0 Å². The highest BCUT2D eigenvalue weighted by atomic mass is 15.1. The van der Waals surface area contributed by atoms with Gasteiger partial charge in [0.25, 0.3) is 0 Å². The lowest BCUT2D eigenvalue weighted by atomic mass is 9.89. The van der Waals surface area contributed by atoms with E-state index >= 15 is 0 Å². The Morgan fingerprint density at radius 1 is 1.12 bits per heavy atom. The molecule has 0 saturated heterocycles. The van der Waals surface area contributed by atoms with Gasteiger partial charge in [-0.3, -0.25) is 4.98 Å². The van der Waals surface area contributed by atoms with Crippen molar-refractivity contribution < 1.29 is 4.90 Å². The Labute approximate surface area is 102 Å². The normalized spacial score (nSPS) is 23.1. The summed E-state index contributed by atoms with van der Waals surface area (Å²) in [6.07, 6.45) is 4.96. The lowest BCUT2D eigenvalue weighted by molar-refractivity contribution is -0.908. The summed E-state index contributed by atoms with van der Waals surface area (Å²) in [4.78, 5) is 5.68. The Kier molecular flexibility index (Phi) is 2.65. The van der Waals surface area contributed by atoms with E-state index in [0.29, 0.717) is 6.04 Å². The highest BCUT2D eigenvalue weighted by Gasteiger charge is 2.29. The quantitative estimate of drug-likeness (QED) is 0.773. The summed E-state index contributed by atoms with van der Waals surface area (Å²) < 4.78 is 0. The fourth-order valence-electron chi connectivity index (χ4n) is 2.81. The van der Waals surface area contributed by atoms with Crippen molar-refractivity contribution in [2.24, 2.45) is 0 Å². The van der Waals surface area contributed by atoms with E-state index in [4.69, 9.17) is 0 Å². The monoisotopic (exact) mass is 225 g/mol. The van der Waals surface area contributed by atoms with Crippen molar-refractivity contribution in [2.75, 3.05) is 13.6 Å². The molecule has 2 aromatic rings. The van der Waals surface area contributed by atoms with Crippen LogP contribution in [-0.2, 0) is 6.42 Å². The predicted molar refractivity (Wildman–Crippen MR) is 68.0 cm³/mol. The second-order valence-corrected chi connectivity index (χ2v) is 4.76. The fourth-order valence-corrected chi connectivity index (χ4v) is 2.81. The number of rotatable bonds is 1. The molecule has 1 aromatic carbocycles. The van der Waals surface area contributed by atoms with Crippen molar-refractivity contribution in [1.82, 2.24) is 4.98 Å². The molecule has 0 bridgehead atoms. The average molecular weight is 225 g/mol. The van der Waals surface area contributed by atoms with Gasteiger partial charge < -0.3 is 4.90 Å². The van der Waals surface area contributed by atoms with E-state index in [1.54, 1.807) is 4.90 Å². The van der Waals surface area contributed by atoms with Crippen molar-refractivity contribution in [2.45, 2.75) is 12.5 Å². The number of nitrogens with one attached hydrogen (secondary N) is 1. The summed E-state index contributed by atoms with van der Waals surface area (Å²) in [7, 11) is 2.28. The van der Waals surface area contributed by atoms with Crippen LogP contribution in [0, 0.1) is 0 Å². The molecule has 0 fully saturated rings. The molecule has 1 N–H and O–H groups in total. The molecule has 1 aromatic heterocycles. The van der Waals surface area contributed by atoms with Crippen LogP contribution in [0.25, 0.3) is 0 Å². The van der Waals surface area contributed by atoms with E-state index in [1.807, 2.05) is 12.4 Å². The van der Waals surface area contributed by atoms with Crippen LogP contribution < -0.4 is 4.90 Å². The molecule has 0 amide bonds. The minimum atomic E-state index is 0.461. The first-order valence-corrected chi connectivity index (χ1v) is 6.16. The van der Waals surface area contributed by atoms with E-state index < -0.39 is 0 Å². The van der Waals surface area contributed by atoms with Crippen molar-refractivity contribution in [3.05, 3.63) is 65.5 Å². The van der Waals surface area contributed by atoms with Crippen LogP contribution in [0.3, 0.4) is 0 Å². The van der Waals surface area contributed by atoms with Crippen molar-refractivity contribution in [1.29, 1.82) is 0 Å². The predicted octanol–water partition coefficient (Wildman–Crippen LogP) is 1.24. The van der Waals surface area contributed by atoms with Gasteiger partial charge in [0.15, 0.2) is 0 Å². The van der Waals surface area contributed by atoms with E-state index in [0.717, 1.165) is 0 Å². The van der Waals surface area contributed by atoms with Gasteiger partial charge in [-0.05, 0) is 17.7 Å². The maximum absolute atomic E-state index is 4.11. The zero-order valence-corrected chi connectivity index (χ0v) is 10.1. The molecule has 3 rings (SSSR count). The molecule has 2 atom stereocenters. The molecule has 2 heteroatoms. The number of hydrogen-bond acceptors (Lipinski definition) is 1. The first kappa shape index (κ1) is 10.5. The zero-order valence-electron chi connectivity index (χ0n) is 10.1. The highest BCUT2D eigenvalue weighted by Crippen LogP contribution is 2.24. The third-order valence-electron chi connectivity index (χ3n) is 3.69. The van der Waals surface area contributed by atoms with Gasteiger partial charge in [-0.25, -0.2) is 0 Å². The standard InChI is InChI=1S/C15H16N2/c1-17-11-8-12-4-2-3-5-14(12)15(17)13-6-9-16-10-7-13/h2-7,9-10,15H,8,11H2,1H3/p+1. The van der Waals surface area contributed by atoms with E-state index in [9.17, 15) is 0 Å². The lowest BCUT2D eigenvalue weighted by Gasteiger charge is -2.31. The van der Waals surface area contributed by atoms with Gasteiger partial charge >= 0.3 is 0 Å². The first-order chi connectivity index (χ1) is 8.36. The van der Waals surface area contributed by atoms with Crippen LogP contribution in [0.4, 0.5) is 0 Å². The summed E-state index contributed by atoms with van der Waals surface area (Å²) in [6.45, 7) is 1.20. The van der Waals surface area contributed by atoms with Crippen LogP contribution in [0.2, 0.25) is 0 Å². The molecule has 1 aliphatic rings. The van der Waals surface area contributed by atoms with Crippen LogP contribution >= 0.6 is 0 Å². The largest absolute Gasteiger partial charge is 0.327 e.